The molecule has 4 rings (SSSR count). The van der Waals surface area contributed by atoms with E-state index < -0.39 is 4.92 Å². The summed E-state index contributed by atoms with van der Waals surface area (Å²) in [5.74, 6) is 0.876. The van der Waals surface area contributed by atoms with E-state index in [9.17, 15) is 15.4 Å². The molecule has 152 valence electrons. The van der Waals surface area contributed by atoms with Gasteiger partial charge in [0.05, 0.1) is 35.3 Å². The SMILES string of the molecule is N#CCC(C1CCCC1)n1cc(-c2ccnc(Nc3ccc([N+](=O)[O-])cc3)n2)cn1. The summed E-state index contributed by atoms with van der Waals surface area (Å²) in [7, 11) is 0. The summed E-state index contributed by atoms with van der Waals surface area (Å²) >= 11 is 0. The molecule has 1 aromatic carbocycles. The van der Waals surface area contributed by atoms with E-state index in [4.69, 9.17) is 0 Å². The Morgan fingerprint density at radius 3 is 2.73 bits per heavy atom. The third-order valence-electron chi connectivity index (χ3n) is 5.47. The number of nitrogens with zero attached hydrogens (tertiary/aromatic N) is 6. The van der Waals surface area contributed by atoms with Crippen LogP contribution in [0, 0.1) is 27.4 Å². The van der Waals surface area contributed by atoms with Crippen LogP contribution in [0.4, 0.5) is 17.3 Å². The number of hydrogen-bond donors (Lipinski definition) is 1. The minimum absolute atomic E-state index is 0.0248. The molecule has 0 bridgehead atoms. The number of hydrogen-bond acceptors (Lipinski definition) is 7. The van der Waals surface area contributed by atoms with E-state index in [0.29, 0.717) is 29.7 Å². The number of non-ortho nitro benzene ring substituents is 1. The van der Waals surface area contributed by atoms with Crippen molar-refractivity contribution < 1.29 is 4.92 Å². The minimum atomic E-state index is -0.441. The number of nitriles is 1. The number of anilines is 2. The summed E-state index contributed by atoms with van der Waals surface area (Å²) in [6, 6.07) is 10.3. The number of rotatable bonds is 7. The Morgan fingerprint density at radius 1 is 1.27 bits per heavy atom. The molecular formula is C21H21N7O2. The molecule has 1 fully saturated rings. The molecule has 30 heavy (non-hydrogen) atoms. The topological polar surface area (TPSA) is 123 Å². The van der Waals surface area contributed by atoms with Gasteiger partial charge in [-0.2, -0.15) is 10.4 Å². The Hall–Kier alpha value is -3.80. The fraction of sp³-hybridized carbons (Fsp3) is 0.333. The van der Waals surface area contributed by atoms with Crippen LogP contribution >= 0.6 is 0 Å². The first-order chi connectivity index (χ1) is 14.6. The van der Waals surface area contributed by atoms with E-state index >= 15 is 0 Å². The number of nitrogens with one attached hydrogen (secondary N) is 1. The lowest BCUT2D eigenvalue weighted by Gasteiger charge is -2.21. The maximum absolute atomic E-state index is 10.8. The van der Waals surface area contributed by atoms with E-state index in [1.165, 1.54) is 25.0 Å². The monoisotopic (exact) mass is 403 g/mol. The minimum Gasteiger partial charge on any atom is -0.324 e. The molecule has 2 aromatic heterocycles. The van der Waals surface area contributed by atoms with E-state index in [2.05, 4.69) is 26.5 Å². The van der Waals surface area contributed by atoms with Gasteiger partial charge in [0.25, 0.3) is 5.69 Å². The molecule has 1 atom stereocenters. The van der Waals surface area contributed by atoms with Crippen molar-refractivity contribution in [2.75, 3.05) is 5.32 Å². The second kappa shape index (κ2) is 8.69. The molecule has 1 aliphatic rings. The molecule has 2 heterocycles. The van der Waals surface area contributed by atoms with Crippen molar-refractivity contribution in [3.63, 3.8) is 0 Å². The Morgan fingerprint density at radius 2 is 2.03 bits per heavy atom. The van der Waals surface area contributed by atoms with Crippen molar-refractivity contribution in [1.82, 2.24) is 19.7 Å². The Labute approximate surface area is 173 Å². The van der Waals surface area contributed by atoms with Gasteiger partial charge in [-0.25, -0.2) is 9.97 Å². The lowest BCUT2D eigenvalue weighted by Crippen LogP contribution is -2.17. The van der Waals surface area contributed by atoms with Gasteiger partial charge in [0.2, 0.25) is 5.95 Å². The smallest absolute Gasteiger partial charge is 0.269 e. The normalized spacial score (nSPS) is 14.9. The molecule has 0 radical (unpaired) electrons. The van der Waals surface area contributed by atoms with Crippen LogP contribution in [0.25, 0.3) is 11.3 Å². The second-order valence-corrected chi connectivity index (χ2v) is 7.38. The standard InChI is InChI=1S/C21H21N7O2/c22-11-9-20(15-3-1-2-4-15)27-14-16(13-24-27)19-10-12-23-21(26-19)25-17-5-7-18(8-6-17)28(29)30/h5-8,10,12-15,20H,1-4,9H2,(H,23,25,26). The fourth-order valence-corrected chi connectivity index (χ4v) is 3.94. The molecule has 3 aromatic rings. The van der Waals surface area contributed by atoms with E-state index in [0.717, 1.165) is 18.4 Å². The van der Waals surface area contributed by atoms with Gasteiger partial charge in [-0.05, 0) is 37.0 Å². The Bertz CT molecular complexity index is 1070. The third-order valence-corrected chi connectivity index (χ3v) is 5.47. The van der Waals surface area contributed by atoms with Gasteiger partial charge in [0, 0.05) is 35.8 Å². The molecule has 0 saturated heterocycles. The molecule has 0 spiro atoms. The summed E-state index contributed by atoms with van der Waals surface area (Å²) in [4.78, 5) is 19.1. The van der Waals surface area contributed by atoms with Crippen molar-refractivity contribution in [2.45, 2.75) is 38.1 Å². The zero-order valence-corrected chi connectivity index (χ0v) is 16.3. The highest BCUT2D eigenvalue weighted by molar-refractivity contribution is 5.61. The van der Waals surface area contributed by atoms with Crippen molar-refractivity contribution in [3.05, 3.63) is 59.0 Å². The fourth-order valence-electron chi connectivity index (χ4n) is 3.94. The quantitative estimate of drug-likeness (QED) is 0.450. The highest BCUT2D eigenvalue weighted by atomic mass is 16.6. The highest BCUT2D eigenvalue weighted by Gasteiger charge is 2.27. The molecule has 0 aliphatic heterocycles. The van der Waals surface area contributed by atoms with Gasteiger partial charge in [-0.1, -0.05) is 12.8 Å². The lowest BCUT2D eigenvalue weighted by molar-refractivity contribution is -0.384. The van der Waals surface area contributed by atoms with Crippen LogP contribution < -0.4 is 5.32 Å². The average molecular weight is 403 g/mol. The maximum Gasteiger partial charge on any atom is 0.269 e. The number of nitro groups is 1. The number of aromatic nitrogens is 4. The van der Waals surface area contributed by atoms with Crippen LogP contribution in [0.5, 0.6) is 0 Å². The van der Waals surface area contributed by atoms with E-state index in [-0.39, 0.29) is 11.7 Å². The zero-order valence-electron chi connectivity index (χ0n) is 16.3. The first-order valence-corrected chi connectivity index (χ1v) is 9.90. The van der Waals surface area contributed by atoms with Crippen LogP contribution in [0.2, 0.25) is 0 Å². The highest BCUT2D eigenvalue weighted by Crippen LogP contribution is 2.36. The van der Waals surface area contributed by atoms with Crippen molar-refractivity contribution >= 4 is 17.3 Å². The lowest BCUT2D eigenvalue weighted by atomic mass is 9.96. The summed E-state index contributed by atoms with van der Waals surface area (Å²) in [5.41, 5.74) is 2.24. The van der Waals surface area contributed by atoms with E-state index in [1.807, 2.05) is 10.9 Å². The van der Waals surface area contributed by atoms with Crippen LogP contribution in [0.3, 0.4) is 0 Å². The van der Waals surface area contributed by atoms with Crippen LogP contribution in [0.15, 0.2) is 48.9 Å². The van der Waals surface area contributed by atoms with Crippen molar-refractivity contribution in [2.24, 2.45) is 5.92 Å². The zero-order chi connectivity index (χ0) is 20.9. The molecule has 1 saturated carbocycles. The first kappa shape index (κ1) is 19.5. The van der Waals surface area contributed by atoms with Gasteiger partial charge in [0.15, 0.2) is 0 Å². The summed E-state index contributed by atoms with van der Waals surface area (Å²) < 4.78 is 1.90. The second-order valence-electron chi connectivity index (χ2n) is 7.38. The van der Waals surface area contributed by atoms with Gasteiger partial charge in [0.1, 0.15) is 0 Å². The molecular weight excluding hydrogens is 382 g/mol. The molecule has 1 N–H and O–H groups in total. The van der Waals surface area contributed by atoms with Crippen LogP contribution in [0.1, 0.15) is 38.1 Å². The first-order valence-electron chi connectivity index (χ1n) is 9.90. The predicted octanol–water partition coefficient (Wildman–Crippen LogP) is 4.64. The third kappa shape index (κ3) is 4.27. The van der Waals surface area contributed by atoms with Gasteiger partial charge in [-0.15, -0.1) is 0 Å². The van der Waals surface area contributed by atoms with Crippen molar-refractivity contribution in [1.29, 1.82) is 5.26 Å². The molecule has 1 unspecified atom stereocenters. The predicted molar refractivity (Wildman–Crippen MR) is 111 cm³/mol. The molecule has 0 amide bonds. The summed E-state index contributed by atoms with van der Waals surface area (Å²) in [6.07, 6.45) is 10.5. The maximum atomic E-state index is 10.8. The summed E-state index contributed by atoms with van der Waals surface area (Å²) in [5, 5.41) is 27.6. The Kier molecular flexibility index (Phi) is 5.66. The summed E-state index contributed by atoms with van der Waals surface area (Å²) in [6.45, 7) is 0. The molecule has 9 nitrogen and oxygen atoms in total. The molecule has 9 heteroatoms. The van der Waals surface area contributed by atoms with Crippen molar-refractivity contribution in [3.8, 4) is 17.3 Å². The van der Waals surface area contributed by atoms with Gasteiger partial charge in [-0.3, -0.25) is 14.8 Å². The Balaban J connectivity index is 1.52. The number of nitro benzene ring substituents is 1. The van der Waals surface area contributed by atoms with Crippen LogP contribution in [-0.4, -0.2) is 24.7 Å². The van der Waals surface area contributed by atoms with E-state index in [1.54, 1.807) is 30.6 Å². The largest absolute Gasteiger partial charge is 0.324 e. The molecule has 1 aliphatic carbocycles. The van der Waals surface area contributed by atoms with Gasteiger partial charge < -0.3 is 5.32 Å². The van der Waals surface area contributed by atoms with Crippen LogP contribution in [-0.2, 0) is 0 Å². The van der Waals surface area contributed by atoms with Gasteiger partial charge >= 0.3 is 0 Å². The average Bonchev–Trinajstić information content (AvgIpc) is 3.45. The number of benzene rings is 1.